The molecule has 4 nitrogen and oxygen atoms in total. The van der Waals surface area contributed by atoms with Gasteiger partial charge >= 0.3 is 0 Å². The maximum Gasteiger partial charge on any atom is 0.251 e. The average Bonchev–Trinajstić information content (AvgIpc) is 2.82. The lowest BCUT2D eigenvalue weighted by Gasteiger charge is -2.32. The Balaban J connectivity index is 0.00000110. The van der Waals surface area contributed by atoms with Crippen LogP contribution in [-0.2, 0) is 0 Å². The Bertz CT molecular complexity index is 484. The molecule has 0 radical (unpaired) electrons. The number of benzene rings is 1. The zero-order valence-electron chi connectivity index (χ0n) is 12.0. The molecule has 1 amide bonds. The van der Waals surface area contributed by atoms with Gasteiger partial charge < -0.3 is 11.1 Å². The van der Waals surface area contributed by atoms with Gasteiger partial charge in [-0.2, -0.15) is 0 Å². The van der Waals surface area contributed by atoms with Crippen LogP contribution in [0.4, 0.5) is 5.69 Å². The first kappa shape index (κ1) is 18.1. The third-order valence-electron chi connectivity index (χ3n) is 4.32. The number of hydrogen-bond acceptors (Lipinski definition) is 3. The lowest BCUT2D eigenvalue weighted by atomic mass is 9.99. The van der Waals surface area contributed by atoms with Crippen LogP contribution in [0.5, 0.6) is 0 Å². The quantitative estimate of drug-likeness (QED) is 0.818. The standard InChI is InChI=1S/C15H21N3O.2ClH/c16-12-5-3-4-11(10-12)15(19)17-13-7-9-18-8-2-1-6-14(13)18;;/h3-5,10,13-14H,1-2,6-9,16H2,(H,17,19);2*1H. The van der Waals surface area contributed by atoms with Crippen molar-refractivity contribution < 1.29 is 4.79 Å². The van der Waals surface area contributed by atoms with E-state index in [0.29, 0.717) is 23.3 Å². The minimum Gasteiger partial charge on any atom is -0.399 e. The van der Waals surface area contributed by atoms with Crippen molar-refractivity contribution in [1.29, 1.82) is 0 Å². The first-order chi connectivity index (χ1) is 9.24. The Kier molecular flexibility index (Phi) is 6.78. The highest BCUT2D eigenvalue weighted by molar-refractivity contribution is 5.95. The second-order valence-electron chi connectivity index (χ2n) is 5.59. The van der Waals surface area contributed by atoms with Gasteiger partial charge in [-0.05, 0) is 44.0 Å². The van der Waals surface area contributed by atoms with Gasteiger partial charge in [0.1, 0.15) is 0 Å². The Morgan fingerprint density at radius 3 is 2.76 bits per heavy atom. The van der Waals surface area contributed by atoms with Crippen molar-refractivity contribution in [3.8, 4) is 0 Å². The zero-order chi connectivity index (χ0) is 13.2. The number of piperidine rings is 1. The molecule has 21 heavy (non-hydrogen) atoms. The van der Waals surface area contributed by atoms with Crippen LogP contribution >= 0.6 is 24.8 Å². The number of nitrogens with one attached hydrogen (secondary N) is 1. The number of halogens is 2. The molecule has 2 heterocycles. The second kappa shape index (κ2) is 7.87. The fourth-order valence-corrected chi connectivity index (χ4v) is 3.35. The van der Waals surface area contributed by atoms with Crippen LogP contribution in [-0.4, -0.2) is 36.0 Å². The van der Waals surface area contributed by atoms with Crippen molar-refractivity contribution in [1.82, 2.24) is 10.2 Å². The number of amides is 1. The summed E-state index contributed by atoms with van der Waals surface area (Å²) in [6.07, 6.45) is 4.86. The molecule has 2 saturated heterocycles. The van der Waals surface area contributed by atoms with Gasteiger partial charge in [0.15, 0.2) is 0 Å². The molecular formula is C15H23Cl2N3O. The van der Waals surface area contributed by atoms with Crippen molar-refractivity contribution in [2.24, 2.45) is 0 Å². The monoisotopic (exact) mass is 331 g/mol. The first-order valence-electron chi connectivity index (χ1n) is 7.14. The molecule has 0 aliphatic carbocycles. The van der Waals surface area contributed by atoms with E-state index in [4.69, 9.17) is 5.73 Å². The molecule has 2 atom stereocenters. The summed E-state index contributed by atoms with van der Waals surface area (Å²) in [5.74, 6) is 0.00437. The van der Waals surface area contributed by atoms with Crippen molar-refractivity contribution in [3.05, 3.63) is 29.8 Å². The first-order valence-corrected chi connectivity index (χ1v) is 7.14. The minimum atomic E-state index is 0. The molecule has 0 aromatic heterocycles. The van der Waals surface area contributed by atoms with Crippen LogP contribution in [0.25, 0.3) is 0 Å². The topological polar surface area (TPSA) is 58.4 Å². The fourth-order valence-electron chi connectivity index (χ4n) is 3.35. The number of hydrogen-bond donors (Lipinski definition) is 2. The fraction of sp³-hybridized carbons (Fsp3) is 0.533. The van der Waals surface area contributed by atoms with E-state index < -0.39 is 0 Å². The Morgan fingerprint density at radius 2 is 2.00 bits per heavy atom. The molecular weight excluding hydrogens is 309 g/mol. The summed E-state index contributed by atoms with van der Waals surface area (Å²) in [5, 5.41) is 3.19. The van der Waals surface area contributed by atoms with E-state index in [9.17, 15) is 4.79 Å². The predicted octanol–water partition coefficient (Wildman–Crippen LogP) is 2.47. The Morgan fingerprint density at radius 1 is 1.19 bits per heavy atom. The molecule has 6 heteroatoms. The highest BCUT2D eigenvalue weighted by Crippen LogP contribution is 2.27. The third kappa shape index (κ3) is 4.02. The number of nitrogens with zero attached hydrogens (tertiary/aromatic N) is 1. The Labute approximate surface area is 138 Å². The number of nitrogen functional groups attached to an aromatic ring is 1. The van der Waals surface area contributed by atoms with Gasteiger partial charge in [0, 0.05) is 29.9 Å². The number of anilines is 1. The van der Waals surface area contributed by atoms with E-state index in [0.717, 1.165) is 13.0 Å². The summed E-state index contributed by atoms with van der Waals surface area (Å²) in [5.41, 5.74) is 7.02. The van der Waals surface area contributed by atoms with Crippen LogP contribution in [0, 0.1) is 0 Å². The van der Waals surface area contributed by atoms with E-state index in [1.165, 1.54) is 25.8 Å². The van der Waals surface area contributed by atoms with Gasteiger partial charge in [0.25, 0.3) is 5.91 Å². The second-order valence-corrected chi connectivity index (χ2v) is 5.59. The highest BCUT2D eigenvalue weighted by Gasteiger charge is 2.36. The van der Waals surface area contributed by atoms with Crippen molar-refractivity contribution in [2.75, 3.05) is 18.8 Å². The third-order valence-corrected chi connectivity index (χ3v) is 4.32. The largest absolute Gasteiger partial charge is 0.399 e. The molecule has 3 N–H and O–H groups in total. The zero-order valence-corrected chi connectivity index (χ0v) is 13.6. The summed E-state index contributed by atoms with van der Waals surface area (Å²) < 4.78 is 0. The van der Waals surface area contributed by atoms with E-state index >= 15 is 0 Å². The summed E-state index contributed by atoms with van der Waals surface area (Å²) in [6, 6.07) is 8.02. The molecule has 118 valence electrons. The molecule has 2 fully saturated rings. The molecule has 2 aliphatic heterocycles. The highest BCUT2D eigenvalue weighted by atomic mass is 35.5. The van der Waals surface area contributed by atoms with Gasteiger partial charge in [0.2, 0.25) is 0 Å². The van der Waals surface area contributed by atoms with Crippen LogP contribution in [0.3, 0.4) is 0 Å². The smallest absolute Gasteiger partial charge is 0.251 e. The van der Waals surface area contributed by atoms with Gasteiger partial charge in [-0.15, -0.1) is 24.8 Å². The van der Waals surface area contributed by atoms with Crippen molar-refractivity contribution >= 4 is 36.4 Å². The molecule has 0 bridgehead atoms. The predicted molar refractivity (Wildman–Crippen MR) is 90.4 cm³/mol. The number of fused-ring (bicyclic) bond motifs is 1. The minimum absolute atomic E-state index is 0. The number of carbonyl (C=O) groups is 1. The summed E-state index contributed by atoms with van der Waals surface area (Å²) in [4.78, 5) is 14.8. The lowest BCUT2D eigenvalue weighted by molar-refractivity contribution is 0.0915. The SMILES string of the molecule is Cl.Cl.Nc1cccc(C(=O)NC2CCN3CCCCC23)c1. The molecule has 1 aromatic carbocycles. The number of carbonyl (C=O) groups excluding carboxylic acids is 1. The number of rotatable bonds is 2. The van der Waals surface area contributed by atoms with Gasteiger partial charge in [0.05, 0.1) is 0 Å². The van der Waals surface area contributed by atoms with Crippen LogP contribution < -0.4 is 11.1 Å². The summed E-state index contributed by atoms with van der Waals surface area (Å²) >= 11 is 0. The van der Waals surface area contributed by atoms with Crippen LogP contribution in [0.1, 0.15) is 36.0 Å². The molecule has 0 spiro atoms. The van der Waals surface area contributed by atoms with E-state index in [1.807, 2.05) is 12.1 Å². The van der Waals surface area contributed by atoms with Crippen molar-refractivity contribution in [2.45, 2.75) is 37.8 Å². The van der Waals surface area contributed by atoms with Crippen LogP contribution in [0.15, 0.2) is 24.3 Å². The maximum atomic E-state index is 12.2. The summed E-state index contributed by atoms with van der Waals surface area (Å²) in [7, 11) is 0. The average molecular weight is 332 g/mol. The Hall–Kier alpha value is -0.970. The maximum absolute atomic E-state index is 12.2. The van der Waals surface area contributed by atoms with E-state index in [2.05, 4.69) is 10.2 Å². The van der Waals surface area contributed by atoms with Gasteiger partial charge in [-0.3, -0.25) is 9.69 Å². The number of nitrogens with two attached hydrogens (primary N) is 1. The van der Waals surface area contributed by atoms with E-state index in [-0.39, 0.29) is 30.7 Å². The van der Waals surface area contributed by atoms with E-state index in [1.54, 1.807) is 12.1 Å². The normalized spacial score (nSPS) is 24.4. The summed E-state index contributed by atoms with van der Waals surface area (Å²) in [6.45, 7) is 2.31. The molecule has 1 aromatic rings. The molecule has 2 unspecified atom stereocenters. The van der Waals surface area contributed by atoms with Gasteiger partial charge in [-0.25, -0.2) is 0 Å². The lowest BCUT2D eigenvalue weighted by Crippen LogP contribution is -2.46. The van der Waals surface area contributed by atoms with Gasteiger partial charge in [-0.1, -0.05) is 12.5 Å². The van der Waals surface area contributed by atoms with Crippen LogP contribution in [0.2, 0.25) is 0 Å². The molecule has 3 rings (SSSR count). The molecule has 0 saturated carbocycles. The van der Waals surface area contributed by atoms with Crippen molar-refractivity contribution in [3.63, 3.8) is 0 Å². The molecule has 2 aliphatic rings.